The van der Waals surface area contributed by atoms with Crippen LogP contribution in [0, 0.1) is 0 Å². The topological polar surface area (TPSA) is 29.9 Å². The van der Waals surface area contributed by atoms with Crippen LogP contribution in [-0.2, 0) is 19.4 Å². The van der Waals surface area contributed by atoms with Gasteiger partial charge in [0.25, 0.3) is 0 Å². The van der Waals surface area contributed by atoms with Crippen LogP contribution in [0.15, 0.2) is 6.33 Å². The molecule has 0 bridgehead atoms. The quantitative estimate of drug-likeness (QED) is 0.825. The maximum absolute atomic E-state index is 4.51. The second kappa shape index (κ2) is 5.48. The average Bonchev–Trinajstić information content (AvgIpc) is 2.73. The third kappa shape index (κ3) is 2.64. The fourth-order valence-electron chi connectivity index (χ4n) is 2.30. The molecule has 16 heavy (non-hydrogen) atoms. The molecule has 1 atom stereocenters. The second-order valence-electron chi connectivity index (χ2n) is 4.80. The van der Waals surface area contributed by atoms with Gasteiger partial charge in [-0.25, -0.2) is 4.98 Å². The molecule has 2 rings (SSSR count). The van der Waals surface area contributed by atoms with Gasteiger partial charge in [-0.1, -0.05) is 6.92 Å². The van der Waals surface area contributed by atoms with E-state index in [9.17, 15) is 0 Å². The fourth-order valence-corrected chi connectivity index (χ4v) is 2.30. The zero-order valence-electron chi connectivity index (χ0n) is 10.5. The van der Waals surface area contributed by atoms with Crippen LogP contribution < -0.4 is 5.32 Å². The summed E-state index contributed by atoms with van der Waals surface area (Å²) in [6.45, 7) is 6.57. The highest BCUT2D eigenvalue weighted by Gasteiger charge is 2.14. The normalized spacial score (nSPS) is 17.1. The van der Waals surface area contributed by atoms with Crippen molar-refractivity contribution < 1.29 is 0 Å². The summed E-state index contributed by atoms with van der Waals surface area (Å²) in [6.07, 6.45) is 8.27. The van der Waals surface area contributed by atoms with Crippen molar-refractivity contribution in [1.82, 2.24) is 14.9 Å². The van der Waals surface area contributed by atoms with Crippen LogP contribution in [0.5, 0.6) is 0 Å². The first kappa shape index (κ1) is 11.6. The molecule has 0 aliphatic heterocycles. The van der Waals surface area contributed by atoms with Gasteiger partial charge in [-0.3, -0.25) is 0 Å². The highest BCUT2D eigenvalue weighted by Crippen LogP contribution is 2.19. The third-order valence-electron chi connectivity index (χ3n) is 3.57. The van der Waals surface area contributed by atoms with Crippen LogP contribution in [0.3, 0.4) is 0 Å². The van der Waals surface area contributed by atoms with Crippen molar-refractivity contribution in [3.05, 3.63) is 17.7 Å². The van der Waals surface area contributed by atoms with Gasteiger partial charge in [0.05, 0.1) is 12.0 Å². The van der Waals surface area contributed by atoms with E-state index < -0.39 is 0 Å². The van der Waals surface area contributed by atoms with Crippen LogP contribution in [0.25, 0.3) is 0 Å². The molecule has 1 aromatic heterocycles. The number of aryl methyl sites for hydroxylation is 1. The summed E-state index contributed by atoms with van der Waals surface area (Å²) in [7, 11) is 0. The van der Waals surface area contributed by atoms with Gasteiger partial charge in [0.2, 0.25) is 0 Å². The molecule has 90 valence electrons. The van der Waals surface area contributed by atoms with E-state index >= 15 is 0 Å². The Labute approximate surface area is 98.3 Å². The van der Waals surface area contributed by atoms with E-state index in [0.29, 0.717) is 6.04 Å². The highest BCUT2D eigenvalue weighted by molar-refractivity contribution is 5.16. The molecular formula is C13H23N3. The summed E-state index contributed by atoms with van der Waals surface area (Å²) < 4.78 is 2.34. The molecule has 0 aromatic carbocycles. The lowest BCUT2D eigenvalue weighted by atomic mass is 10.0. The van der Waals surface area contributed by atoms with Crippen LogP contribution in [0.1, 0.15) is 44.5 Å². The molecule has 1 heterocycles. The minimum absolute atomic E-state index is 0.624. The minimum atomic E-state index is 0.624. The molecule has 1 aliphatic rings. The fraction of sp³-hybridized carbons (Fsp3) is 0.769. The van der Waals surface area contributed by atoms with Crippen LogP contribution in [0.4, 0.5) is 0 Å². The van der Waals surface area contributed by atoms with Gasteiger partial charge in [-0.05, 0) is 39.0 Å². The predicted molar refractivity (Wildman–Crippen MR) is 66.6 cm³/mol. The molecule has 0 amide bonds. The predicted octanol–water partition coefficient (Wildman–Crippen LogP) is 2.15. The Kier molecular flexibility index (Phi) is 3.99. The van der Waals surface area contributed by atoms with Crippen LogP contribution in [0.2, 0.25) is 0 Å². The first-order chi connectivity index (χ1) is 7.81. The van der Waals surface area contributed by atoms with Crippen LogP contribution in [-0.4, -0.2) is 22.1 Å². The summed E-state index contributed by atoms with van der Waals surface area (Å²) in [5.74, 6) is 0. The summed E-state index contributed by atoms with van der Waals surface area (Å²) in [5, 5.41) is 3.53. The number of imidazole rings is 1. The number of hydrogen-bond donors (Lipinski definition) is 1. The smallest absolute Gasteiger partial charge is 0.0952 e. The van der Waals surface area contributed by atoms with Gasteiger partial charge >= 0.3 is 0 Å². The molecule has 1 aromatic rings. The van der Waals surface area contributed by atoms with E-state index in [4.69, 9.17) is 0 Å². The largest absolute Gasteiger partial charge is 0.333 e. The molecular weight excluding hydrogens is 198 g/mol. The Morgan fingerprint density at radius 3 is 3.06 bits per heavy atom. The minimum Gasteiger partial charge on any atom is -0.333 e. The van der Waals surface area contributed by atoms with E-state index in [1.54, 1.807) is 0 Å². The average molecular weight is 221 g/mol. The first-order valence-corrected chi connectivity index (χ1v) is 6.57. The first-order valence-electron chi connectivity index (χ1n) is 6.57. The molecule has 3 nitrogen and oxygen atoms in total. The Hall–Kier alpha value is -0.830. The maximum Gasteiger partial charge on any atom is 0.0952 e. The van der Waals surface area contributed by atoms with Crippen molar-refractivity contribution in [3.8, 4) is 0 Å². The summed E-state index contributed by atoms with van der Waals surface area (Å²) in [6, 6.07) is 0.624. The van der Waals surface area contributed by atoms with E-state index in [0.717, 1.165) is 13.1 Å². The summed E-state index contributed by atoms with van der Waals surface area (Å²) in [4.78, 5) is 4.51. The highest BCUT2D eigenvalue weighted by atomic mass is 15.1. The Morgan fingerprint density at radius 2 is 2.25 bits per heavy atom. The standard InChI is InChI=1S/C13H23N3/c1-3-11(2)14-8-9-16-10-15-12-6-4-5-7-13(12)16/h10-11,14H,3-9H2,1-2H3. The van der Waals surface area contributed by atoms with Gasteiger partial charge < -0.3 is 9.88 Å². The molecule has 0 spiro atoms. The van der Waals surface area contributed by atoms with Crippen molar-refractivity contribution in [1.29, 1.82) is 0 Å². The number of fused-ring (bicyclic) bond motifs is 1. The van der Waals surface area contributed by atoms with Crippen molar-refractivity contribution in [3.63, 3.8) is 0 Å². The van der Waals surface area contributed by atoms with E-state index in [-0.39, 0.29) is 0 Å². The molecule has 0 radical (unpaired) electrons. The van der Waals surface area contributed by atoms with E-state index in [1.807, 2.05) is 6.33 Å². The third-order valence-corrected chi connectivity index (χ3v) is 3.57. The molecule has 3 heteroatoms. The molecule has 1 unspecified atom stereocenters. The van der Waals surface area contributed by atoms with Gasteiger partial charge in [0, 0.05) is 24.8 Å². The molecule has 1 aliphatic carbocycles. The van der Waals surface area contributed by atoms with Crippen LogP contribution >= 0.6 is 0 Å². The lowest BCUT2D eigenvalue weighted by Gasteiger charge is -2.15. The second-order valence-corrected chi connectivity index (χ2v) is 4.80. The Balaban J connectivity index is 1.87. The Morgan fingerprint density at radius 1 is 1.44 bits per heavy atom. The number of rotatable bonds is 5. The number of hydrogen-bond acceptors (Lipinski definition) is 2. The lowest BCUT2D eigenvalue weighted by molar-refractivity contribution is 0.495. The summed E-state index contributed by atoms with van der Waals surface area (Å²) in [5.41, 5.74) is 2.83. The van der Waals surface area contributed by atoms with Gasteiger partial charge in [0.1, 0.15) is 0 Å². The van der Waals surface area contributed by atoms with Gasteiger partial charge in [0.15, 0.2) is 0 Å². The van der Waals surface area contributed by atoms with Crippen molar-refractivity contribution >= 4 is 0 Å². The SMILES string of the molecule is CCC(C)NCCn1cnc2c1CCCC2. The van der Waals surface area contributed by atoms with Crippen molar-refractivity contribution in [2.75, 3.05) is 6.54 Å². The zero-order chi connectivity index (χ0) is 11.4. The Bertz CT molecular complexity index is 330. The molecule has 0 fully saturated rings. The van der Waals surface area contributed by atoms with E-state index in [1.165, 1.54) is 43.5 Å². The number of aromatic nitrogens is 2. The van der Waals surface area contributed by atoms with E-state index in [2.05, 4.69) is 28.7 Å². The van der Waals surface area contributed by atoms with Gasteiger partial charge in [-0.2, -0.15) is 0 Å². The monoisotopic (exact) mass is 221 g/mol. The summed E-state index contributed by atoms with van der Waals surface area (Å²) >= 11 is 0. The van der Waals surface area contributed by atoms with Crippen molar-refractivity contribution in [2.45, 2.75) is 58.5 Å². The van der Waals surface area contributed by atoms with Gasteiger partial charge in [-0.15, -0.1) is 0 Å². The number of nitrogens with one attached hydrogen (secondary N) is 1. The maximum atomic E-state index is 4.51. The van der Waals surface area contributed by atoms with Crippen molar-refractivity contribution in [2.24, 2.45) is 0 Å². The molecule has 0 saturated heterocycles. The molecule has 0 saturated carbocycles. The zero-order valence-corrected chi connectivity index (χ0v) is 10.5. The lowest BCUT2D eigenvalue weighted by Crippen LogP contribution is -2.29. The number of nitrogens with zero attached hydrogens (tertiary/aromatic N) is 2. The molecule has 1 N–H and O–H groups in total.